The van der Waals surface area contributed by atoms with Gasteiger partial charge in [0.1, 0.15) is 11.8 Å². The predicted molar refractivity (Wildman–Crippen MR) is 110 cm³/mol. The summed E-state index contributed by atoms with van der Waals surface area (Å²) in [6.07, 6.45) is -0.758. The normalized spacial score (nSPS) is 12.4. The van der Waals surface area contributed by atoms with Crippen molar-refractivity contribution in [2.24, 2.45) is 5.10 Å². The first-order valence-corrected chi connectivity index (χ1v) is 9.24. The zero-order valence-electron chi connectivity index (χ0n) is 15.2. The van der Waals surface area contributed by atoms with Crippen LogP contribution in [0.1, 0.15) is 28.3 Å². The number of hydrogen-bond donors (Lipinski definition) is 2. The van der Waals surface area contributed by atoms with Gasteiger partial charge in [0, 0.05) is 10.9 Å². The van der Waals surface area contributed by atoms with Crippen LogP contribution in [0.2, 0.25) is 0 Å². The lowest BCUT2D eigenvalue weighted by Crippen LogP contribution is -2.01. The average molecular weight is 412 g/mol. The Kier molecular flexibility index (Phi) is 5.96. The number of hydrazone groups is 1. The maximum absolute atomic E-state index is 11.2. The zero-order valence-corrected chi connectivity index (χ0v) is 16.0. The van der Waals surface area contributed by atoms with Crippen molar-refractivity contribution in [1.82, 2.24) is 0 Å². The lowest BCUT2D eigenvalue weighted by molar-refractivity contribution is -0.393. The van der Waals surface area contributed by atoms with Crippen LogP contribution in [0.25, 0.3) is 0 Å². The third kappa shape index (κ3) is 4.62. The first-order chi connectivity index (χ1) is 13.9. The number of benzene rings is 2. The van der Waals surface area contributed by atoms with Gasteiger partial charge in [-0.25, -0.2) is 0 Å². The Balaban J connectivity index is 1.80. The summed E-state index contributed by atoms with van der Waals surface area (Å²) in [5.41, 5.74) is 3.15. The van der Waals surface area contributed by atoms with Crippen molar-refractivity contribution in [2.45, 2.75) is 13.0 Å². The molecule has 0 saturated heterocycles. The molecule has 1 aromatic heterocycles. The van der Waals surface area contributed by atoms with Gasteiger partial charge in [-0.05, 0) is 30.7 Å². The van der Waals surface area contributed by atoms with E-state index in [0.29, 0.717) is 5.71 Å². The lowest BCUT2D eigenvalue weighted by Gasteiger charge is -2.08. The van der Waals surface area contributed by atoms with E-state index in [-0.39, 0.29) is 11.4 Å². The molecule has 29 heavy (non-hydrogen) atoms. The highest BCUT2D eigenvalue weighted by Gasteiger charge is 2.19. The molecule has 0 aliphatic carbocycles. The van der Waals surface area contributed by atoms with Crippen LogP contribution in [0, 0.1) is 20.2 Å². The molecule has 0 saturated carbocycles. The summed E-state index contributed by atoms with van der Waals surface area (Å²) in [6, 6.07) is 16.1. The molecule has 0 amide bonds. The quantitative estimate of drug-likeness (QED) is 0.334. The molecule has 10 heteroatoms. The molecular formula is C19H16N4O5S. The summed E-state index contributed by atoms with van der Waals surface area (Å²) in [4.78, 5) is 22.1. The number of aliphatic hydroxyl groups excluding tert-OH is 1. The van der Waals surface area contributed by atoms with Gasteiger partial charge in [0.05, 0.1) is 26.5 Å². The standard InChI is InChI=1S/C19H16N4O5S/c1-12(17-9-10-18(29-17)19(24)13-5-3-2-4-6-13)20-21-15-8-7-14(22(25)26)11-16(15)23(27)28/h2-11,19,21,24H,1H3/b20-12+. The Labute approximate surface area is 169 Å². The van der Waals surface area contributed by atoms with Crippen molar-refractivity contribution in [3.63, 3.8) is 0 Å². The number of non-ortho nitro benzene ring substituents is 1. The van der Waals surface area contributed by atoms with Gasteiger partial charge in [-0.2, -0.15) is 5.10 Å². The van der Waals surface area contributed by atoms with Crippen molar-refractivity contribution < 1.29 is 15.0 Å². The Morgan fingerprint density at radius 2 is 1.79 bits per heavy atom. The SMILES string of the molecule is C/C(=N\Nc1ccc([N+](=O)[O-])cc1[N+](=O)[O-])c1ccc(C(O)c2ccccc2)s1. The van der Waals surface area contributed by atoms with Crippen molar-refractivity contribution in [3.05, 3.63) is 96.2 Å². The second kappa shape index (κ2) is 8.59. The monoisotopic (exact) mass is 412 g/mol. The number of rotatable bonds is 7. The van der Waals surface area contributed by atoms with Gasteiger partial charge < -0.3 is 5.11 Å². The molecule has 0 bridgehead atoms. The molecule has 3 rings (SSSR count). The van der Waals surface area contributed by atoms with Gasteiger partial charge in [0.25, 0.3) is 5.69 Å². The highest BCUT2D eigenvalue weighted by molar-refractivity contribution is 7.14. The number of thiophene rings is 1. The molecule has 2 N–H and O–H groups in total. The minimum absolute atomic E-state index is 0.0426. The number of nitrogens with zero attached hydrogens (tertiary/aromatic N) is 3. The van der Waals surface area contributed by atoms with E-state index in [2.05, 4.69) is 10.5 Å². The van der Waals surface area contributed by atoms with Crippen LogP contribution in [0.5, 0.6) is 0 Å². The van der Waals surface area contributed by atoms with Crippen molar-refractivity contribution in [1.29, 1.82) is 0 Å². The van der Waals surface area contributed by atoms with Crippen molar-refractivity contribution in [3.8, 4) is 0 Å². The van der Waals surface area contributed by atoms with Crippen molar-refractivity contribution >= 4 is 34.1 Å². The molecule has 1 heterocycles. The topological polar surface area (TPSA) is 131 Å². The van der Waals surface area contributed by atoms with Crippen LogP contribution < -0.4 is 5.43 Å². The van der Waals surface area contributed by atoms with Crippen LogP contribution in [-0.4, -0.2) is 20.7 Å². The van der Waals surface area contributed by atoms with E-state index in [1.807, 2.05) is 30.3 Å². The largest absolute Gasteiger partial charge is 0.383 e. The second-order valence-electron chi connectivity index (χ2n) is 6.04. The number of nitro benzene ring substituents is 2. The fraction of sp³-hybridized carbons (Fsp3) is 0.105. The summed E-state index contributed by atoms with van der Waals surface area (Å²) in [5.74, 6) is 0. The number of nitro groups is 2. The summed E-state index contributed by atoms with van der Waals surface area (Å²) in [5, 5.41) is 36.6. The Morgan fingerprint density at radius 1 is 1.07 bits per heavy atom. The van der Waals surface area contributed by atoms with Crippen molar-refractivity contribution in [2.75, 3.05) is 5.43 Å². The smallest absolute Gasteiger partial charge is 0.301 e. The van der Waals surface area contributed by atoms with Gasteiger partial charge >= 0.3 is 5.69 Å². The Hall–Kier alpha value is -3.63. The second-order valence-corrected chi connectivity index (χ2v) is 7.16. The Morgan fingerprint density at radius 3 is 2.45 bits per heavy atom. The molecule has 1 unspecified atom stereocenters. The van der Waals surface area contributed by atoms with Crippen LogP contribution in [0.15, 0.2) is 65.8 Å². The highest BCUT2D eigenvalue weighted by atomic mass is 32.1. The molecule has 9 nitrogen and oxygen atoms in total. The summed E-state index contributed by atoms with van der Waals surface area (Å²) < 4.78 is 0. The summed E-state index contributed by atoms with van der Waals surface area (Å²) in [7, 11) is 0. The fourth-order valence-corrected chi connectivity index (χ4v) is 3.54. The molecule has 1 atom stereocenters. The van der Waals surface area contributed by atoms with E-state index in [0.717, 1.165) is 21.4 Å². The molecule has 3 aromatic rings. The fourth-order valence-electron chi connectivity index (χ4n) is 2.57. The number of aliphatic hydroxyl groups is 1. The maximum Gasteiger partial charge on any atom is 0.301 e. The van der Waals surface area contributed by atoms with E-state index < -0.39 is 21.6 Å². The molecule has 0 radical (unpaired) electrons. The number of nitrogens with one attached hydrogen (secondary N) is 1. The van der Waals surface area contributed by atoms with E-state index in [1.165, 1.54) is 23.5 Å². The molecule has 0 fully saturated rings. The third-order valence-electron chi connectivity index (χ3n) is 4.10. The lowest BCUT2D eigenvalue weighted by atomic mass is 10.1. The van der Waals surface area contributed by atoms with E-state index in [9.17, 15) is 25.3 Å². The van der Waals surface area contributed by atoms with Gasteiger partial charge in [-0.15, -0.1) is 11.3 Å². The first-order valence-electron chi connectivity index (χ1n) is 8.43. The number of hydrogen-bond acceptors (Lipinski definition) is 8. The highest BCUT2D eigenvalue weighted by Crippen LogP contribution is 2.30. The summed E-state index contributed by atoms with van der Waals surface area (Å²) in [6.45, 7) is 1.72. The molecule has 148 valence electrons. The third-order valence-corrected chi connectivity index (χ3v) is 5.35. The van der Waals surface area contributed by atoms with Gasteiger partial charge in [-0.3, -0.25) is 25.7 Å². The molecule has 0 spiro atoms. The Bertz CT molecular complexity index is 1080. The van der Waals surface area contributed by atoms with E-state index in [4.69, 9.17) is 0 Å². The van der Waals surface area contributed by atoms with Crippen LogP contribution in [0.3, 0.4) is 0 Å². The molecular weight excluding hydrogens is 396 g/mol. The van der Waals surface area contributed by atoms with E-state index >= 15 is 0 Å². The maximum atomic E-state index is 11.2. The minimum atomic E-state index is -0.758. The van der Waals surface area contributed by atoms with Crippen LogP contribution >= 0.6 is 11.3 Å². The summed E-state index contributed by atoms with van der Waals surface area (Å²) >= 11 is 1.35. The van der Waals surface area contributed by atoms with Gasteiger partial charge in [-0.1, -0.05) is 30.3 Å². The van der Waals surface area contributed by atoms with Crippen LogP contribution in [-0.2, 0) is 0 Å². The van der Waals surface area contributed by atoms with Crippen LogP contribution in [0.4, 0.5) is 17.1 Å². The number of anilines is 1. The molecule has 0 aliphatic rings. The first kappa shape index (κ1) is 20.1. The predicted octanol–water partition coefficient (Wildman–Crippen LogP) is 4.48. The molecule has 0 aliphatic heterocycles. The van der Waals surface area contributed by atoms with Gasteiger partial charge in [0.2, 0.25) is 0 Å². The molecule has 2 aromatic carbocycles. The average Bonchev–Trinajstić information content (AvgIpc) is 3.22. The van der Waals surface area contributed by atoms with E-state index in [1.54, 1.807) is 19.1 Å². The zero-order chi connectivity index (χ0) is 21.0. The minimum Gasteiger partial charge on any atom is -0.383 e. The van der Waals surface area contributed by atoms with Gasteiger partial charge in [0.15, 0.2) is 0 Å².